The molecule has 0 aromatic heterocycles. The first kappa shape index (κ1) is 13.5. The zero-order chi connectivity index (χ0) is 13.2. The minimum atomic E-state index is -2.87. The Labute approximate surface area is 108 Å². The summed E-state index contributed by atoms with van der Waals surface area (Å²) in [6.07, 6.45) is 1.65. The standard InChI is InChI=1S/C13H20N2O2S/c1-2-10-4-3-5-11(8-10)13(15-14)12-6-7-18(16,17)9-12/h3-5,8,12-13,15H,2,6-7,9,14H2,1H3. The maximum Gasteiger partial charge on any atom is 0.150 e. The Kier molecular flexibility index (Phi) is 4.04. The van der Waals surface area contributed by atoms with Crippen LogP contribution in [0.3, 0.4) is 0 Å². The molecule has 5 heteroatoms. The predicted molar refractivity (Wildman–Crippen MR) is 72.6 cm³/mol. The van der Waals surface area contributed by atoms with Crippen molar-refractivity contribution in [1.82, 2.24) is 5.43 Å². The fourth-order valence-corrected chi connectivity index (χ4v) is 4.44. The molecule has 0 bridgehead atoms. The summed E-state index contributed by atoms with van der Waals surface area (Å²) >= 11 is 0. The van der Waals surface area contributed by atoms with Crippen molar-refractivity contribution in [3.63, 3.8) is 0 Å². The number of nitrogens with one attached hydrogen (secondary N) is 1. The van der Waals surface area contributed by atoms with E-state index in [1.54, 1.807) is 0 Å². The van der Waals surface area contributed by atoms with Crippen molar-refractivity contribution < 1.29 is 8.42 Å². The normalized spacial score (nSPS) is 24.0. The second kappa shape index (κ2) is 5.38. The Balaban J connectivity index is 2.23. The summed E-state index contributed by atoms with van der Waals surface area (Å²) in [7, 11) is -2.87. The van der Waals surface area contributed by atoms with E-state index in [0.29, 0.717) is 6.42 Å². The zero-order valence-corrected chi connectivity index (χ0v) is 11.4. The molecule has 1 aliphatic rings. The lowest BCUT2D eigenvalue weighted by atomic mass is 9.92. The number of nitrogens with two attached hydrogens (primary N) is 1. The van der Waals surface area contributed by atoms with Crippen molar-refractivity contribution in [3.8, 4) is 0 Å². The summed E-state index contributed by atoms with van der Waals surface area (Å²) in [6.45, 7) is 2.10. The topological polar surface area (TPSA) is 72.2 Å². The van der Waals surface area contributed by atoms with Crippen molar-refractivity contribution in [2.24, 2.45) is 11.8 Å². The third-order valence-electron chi connectivity index (χ3n) is 3.64. The fourth-order valence-electron chi connectivity index (χ4n) is 2.60. The monoisotopic (exact) mass is 268 g/mol. The summed E-state index contributed by atoms with van der Waals surface area (Å²) in [4.78, 5) is 0. The SMILES string of the molecule is CCc1cccc(C(NN)C2CCS(=O)(=O)C2)c1. The molecule has 0 aliphatic carbocycles. The Morgan fingerprint density at radius 2 is 2.28 bits per heavy atom. The first-order valence-corrected chi connectivity index (χ1v) is 8.13. The third kappa shape index (κ3) is 2.91. The van der Waals surface area contributed by atoms with E-state index in [4.69, 9.17) is 5.84 Å². The predicted octanol–water partition coefficient (Wildman–Crippen LogP) is 1.19. The van der Waals surface area contributed by atoms with Crippen molar-refractivity contribution in [3.05, 3.63) is 35.4 Å². The van der Waals surface area contributed by atoms with Crippen molar-refractivity contribution in [1.29, 1.82) is 0 Å². The number of rotatable bonds is 4. The molecule has 1 heterocycles. The van der Waals surface area contributed by atoms with Gasteiger partial charge in [-0.25, -0.2) is 8.42 Å². The first-order chi connectivity index (χ1) is 8.55. The second-order valence-electron chi connectivity index (χ2n) is 4.91. The van der Waals surface area contributed by atoms with Crippen LogP contribution in [0.25, 0.3) is 0 Å². The summed E-state index contributed by atoms with van der Waals surface area (Å²) in [5.41, 5.74) is 5.11. The largest absolute Gasteiger partial charge is 0.271 e. The zero-order valence-electron chi connectivity index (χ0n) is 10.6. The van der Waals surface area contributed by atoms with Crippen LogP contribution in [0.15, 0.2) is 24.3 Å². The van der Waals surface area contributed by atoms with E-state index in [1.807, 2.05) is 12.1 Å². The molecule has 0 radical (unpaired) electrons. The molecule has 0 amide bonds. The fraction of sp³-hybridized carbons (Fsp3) is 0.538. The van der Waals surface area contributed by atoms with Gasteiger partial charge >= 0.3 is 0 Å². The van der Waals surface area contributed by atoms with Crippen LogP contribution < -0.4 is 11.3 Å². The average Bonchev–Trinajstić information content (AvgIpc) is 2.71. The lowest BCUT2D eigenvalue weighted by Gasteiger charge is -2.22. The van der Waals surface area contributed by atoms with Crippen LogP contribution in [-0.2, 0) is 16.3 Å². The van der Waals surface area contributed by atoms with Crippen LogP contribution in [-0.4, -0.2) is 19.9 Å². The molecule has 1 aromatic rings. The summed E-state index contributed by atoms with van der Waals surface area (Å²) in [5, 5.41) is 0. The quantitative estimate of drug-likeness (QED) is 0.635. The van der Waals surface area contributed by atoms with E-state index in [9.17, 15) is 8.42 Å². The third-order valence-corrected chi connectivity index (χ3v) is 5.43. The number of aryl methyl sites for hydroxylation is 1. The molecule has 18 heavy (non-hydrogen) atoms. The maximum atomic E-state index is 11.5. The molecule has 3 N–H and O–H groups in total. The number of benzene rings is 1. The number of hydrogen-bond acceptors (Lipinski definition) is 4. The van der Waals surface area contributed by atoms with Gasteiger partial charge in [-0.1, -0.05) is 31.2 Å². The molecular weight excluding hydrogens is 248 g/mol. The summed E-state index contributed by atoms with van der Waals surface area (Å²) in [6, 6.07) is 8.11. The molecule has 2 unspecified atom stereocenters. The van der Waals surface area contributed by atoms with Gasteiger partial charge in [0.15, 0.2) is 9.84 Å². The molecule has 2 atom stereocenters. The maximum absolute atomic E-state index is 11.5. The minimum absolute atomic E-state index is 0.0752. The van der Waals surface area contributed by atoms with Crippen LogP contribution in [0, 0.1) is 5.92 Å². The Morgan fingerprint density at radius 1 is 1.50 bits per heavy atom. The Hall–Kier alpha value is -0.910. The van der Waals surface area contributed by atoms with Crippen LogP contribution in [0.2, 0.25) is 0 Å². The van der Waals surface area contributed by atoms with Gasteiger partial charge in [0, 0.05) is 6.04 Å². The van der Waals surface area contributed by atoms with Gasteiger partial charge in [0.05, 0.1) is 11.5 Å². The number of sulfone groups is 1. The van der Waals surface area contributed by atoms with E-state index in [1.165, 1.54) is 5.56 Å². The van der Waals surface area contributed by atoms with E-state index in [0.717, 1.165) is 12.0 Å². The van der Waals surface area contributed by atoms with Crippen molar-refractivity contribution >= 4 is 9.84 Å². The highest BCUT2D eigenvalue weighted by Crippen LogP contribution is 2.31. The Morgan fingerprint density at radius 3 is 2.83 bits per heavy atom. The van der Waals surface area contributed by atoms with Gasteiger partial charge in [-0.15, -0.1) is 0 Å². The van der Waals surface area contributed by atoms with Gasteiger partial charge in [-0.2, -0.15) is 0 Å². The van der Waals surface area contributed by atoms with Gasteiger partial charge in [0.2, 0.25) is 0 Å². The lowest BCUT2D eigenvalue weighted by molar-refractivity contribution is 0.399. The van der Waals surface area contributed by atoms with Gasteiger partial charge < -0.3 is 0 Å². The van der Waals surface area contributed by atoms with Gasteiger partial charge in [0.1, 0.15) is 0 Å². The molecule has 0 saturated carbocycles. The highest BCUT2D eigenvalue weighted by Gasteiger charge is 2.33. The molecule has 1 fully saturated rings. The summed E-state index contributed by atoms with van der Waals surface area (Å²) in [5.74, 6) is 6.21. The molecule has 1 aromatic carbocycles. The van der Waals surface area contributed by atoms with E-state index in [-0.39, 0.29) is 23.5 Å². The molecule has 100 valence electrons. The smallest absolute Gasteiger partial charge is 0.150 e. The number of hydrazine groups is 1. The van der Waals surface area contributed by atoms with Gasteiger partial charge in [-0.05, 0) is 29.9 Å². The highest BCUT2D eigenvalue weighted by molar-refractivity contribution is 7.91. The van der Waals surface area contributed by atoms with Crippen LogP contribution in [0.4, 0.5) is 0 Å². The molecule has 1 aliphatic heterocycles. The lowest BCUT2D eigenvalue weighted by Crippen LogP contribution is -2.34. The van der Waals surface area contributed by atoms with Crippen LogP contribution >= 0.6 is 0 Å². The Bertz CT molecular complexity index is 513. The van der Waals surface area contributed by atoms with Gasteiger partial charge in [0.25, 0.3) is 0 Å². The molecule has 4 nitrogen and oxygen atoms in total. The van der Waals surface area contributed by atoms with E-state index in [2.05, 4.69) is 24.5 Å². The van der Waals surface area contributed by atoms with E-state index >= 15 is 0 Å². The average molecular weight is 268 g/mol. The van der Waals surface area contributed by atoms with Crippen molar-refractivity contribution in [2.45, 2.75) is 25.8 Å². The molecular formula is C13H20N2O2S. The number of hydrogen-bond donors (Lipinski definition) is 2. The highest BCUT2D eigenvalue weighted by atomic mass is 32.2. The molecule has 2 rings (SSSR count). The van der Waals surface area contributed by atoms with Crippen LogP contribution in [0.5, 0.6) is 0 Å². The van der Waals surface area contributed by atoms with E-state index < -0.39 is 9.84 Å². The van der Waals surface area contributed by atoms with Gasteiger partial charge in [-0.3, -0.25) is 11.3 Å². The minimum Gasteiger partial charge on any atom is -0.271 e. The molecule has 1 saturated heterocycles. The molecule has 0 spiro atoms. The first-order valence-electron chi connectivity index (χ1n) is 6.31. The van der Waals surface area contributed by atoms with Crippen LogP contribution in [0.1, 0.15) is 30.5 Å². The summed E-state index contributed by atoms with van der Waals surface area (Å²) < 4.78 is 23.1. The van der Waals surface area contributed by atoms with Crippen molar-refractivity contribution in [2.75, 3.05) is 11.5 Å². The second-order valence-corrected chi connectivity index (χ2v) is 7.13.